The normalized spacial score (nSPS) is 11.0. The monoisotopic (exact) mass is 526 g/mol. The van der Waals surface area contributed by atoms with Gasteiger partial charge in [0.15, 0.2) is 0 Å². The fourth-order valence-electron chi connectivity index (χ4n) is 3.07. The van der Waals surface area contributed by atoms with Crippen LogP contribution < -0.4 is 10.1 Å². The maximum atomic E-state index is 13.5. The minimum atomic E-state index is -0.482. The molecule has 0 aromatic heterocycles. The molecule has 0 spiro atoms. The molecule has 0 fully saturated rings. The van der Waals surface area contributed by atoms with Crippen molar-refractivity contribution < 1.29 is 13.9 Å². The van der Waals surface area contributed by atoms with Crippen molar-refractivity contribution >= 4 is 40.3 Å². The summed E-state index contributed by atoms with van der Waals surface area (Å²) in [5.41, 5.74) is 4.09. The van der Waals surface area contributed by atoms with Crippen LogP contribution in [0.3, 0.4) is 0 Å². The molecule has 0 heterocycles. The molecule has 0 saturated carbocycles. The van der Waals surface area contributed by atoms with Crippen LogP contribution in [0.25, 0.3) is 6.08 Å². The van der Waals surface area contributed by atoms with E-state index in [1.807, 2.05) is 37.3 Å². The molecule has 1 N–H and O–H groups in total. The number of methoxy groups -OCH3 is 1. The number of anilines is 1. The molecule has 0 bridgehead atoms. The average Bonchev–Trinajstić information content (AvgIpc) is 2.75. The number of rotatable bonds is 6. The number of hydrogen-bond acceptors (Lipinski definition) is 3. The second-order valence-corrected chi connectivity index (χ2v) is 8.14. The highest BCUT2D eigenvalue weighted by atomic mass is 127. The number of nitriles is 1. The minimum Gasteiger partial charge on any atom is -0.496 e. The van der Waals surface area contributed by atoms with Crippen LogP contribution in [0.2, 0.25) is 0 Å². The lowest BCUT2D eigenvalue weighted by Gasteiger charge is -2.13. The second-order valence-electron chi connectivity index (χ2n) is 6.98. The average molecular weight is 526 g/mol. The zero-order chi connectivity index (χ0) is 22.4. The quantitative estimate of drug-likeness (QED) is 0.248. The van der Waals surface area contributed by atoms with Crippen LogP contribution in [0.15, 0.2) is 66.2 Å². The van der Waals surface area contributed by atoms with Crippen LogP contribution in [0.1, 0.15) is 22.3 Å². The number of carbonyl (C=O) groups is 1. The molecule has 31 heavy (non-hydrogen) atoms. The highest BCUT2D eigenvalue weighted by molar-refractivity contribution is 14.1. The van der Waals surface area contributed by atoms with Crippen molar-refractivity contribution in [3.63, 3.8) is 0 Å². The third-order valence-corrected chi connectivity index (χ3v) is 5.61. The molecule has 0 aliphatic carbocycles. The summed E-state index contributed by atoms with van der Waals surface area (Å²) in [6.07, 6.45) is 2.03. The fourth-order valence-corrected chi connectivity index (χ4v) is 3.89. The highest BCUT2D eigenvalue weighted by Gasteiger charge is 2.14. The topological polar surface area (TPSA) is 62.1 Å². The Labute approximate surface area is 194 Å². The van der Waals surface area contributed by atoms with E-state index in [1.54, 1.807) is 31.4 Å². The van der Waals surface area contributed by atoms with Crippen molar-refractivity contribution in [2.45, 2.75) is 13.3 Å². The molecule has 0 aliphatic rings. The Morgan fingerprint density at radius 1 is 1.19 bits per heavy atom. The highest BCUT2D eigenvalue weighted by Crippen LogP contribution is 2.30. The first-order chi connectivity index (χ1) is 14.9. The third kappa shape index (κ3) is 5.92. The number of halogens is 2. The smallest absolute Gasteiger partial charge is 0.266 e. The Balaban J connectivity index is 1.88. The molecule has 1 amide bonds. The third-order valence-electron chi connectivity index (χ3n) is 4.65. The molecular weight excluding hydrogens is 506 g/mol. The molecule has 3 aromatic rings. The second kappa shape index (κ2) is 10.2. The maximum absolute atomic E-state index is 13.5. The molecule has 0 radical (unpaired) electrons. The van der Waals surface area contributed by atoms with Gasteiger partial charge in [0, 0.05) is 21.2 Å². The van der Waals surface area contributed by atoms with E-state index in [0.29, 0.717) is 23.4 Å². The first kappa shape index (κ1) is 22.5. The Bertz CT molecular complexity index is 1180. The van der Waals surface area contributed by atoms with Crippen LogP contribution in [0.4, 0.5) is 10.1 Å². The van der Waals surface area contributed by atoms with Crippen LogP contribution in [-0.4, -0.2) is 13.0 Å². The van der Waals surface area contributed by atoms with E-state index >= 15 is 0 Å². The first-order valence-electron chi connectivity index (χ1n) is 9.50. The summed E-state index contributed by atoms with van der Waals surface area (Å²) in [6, 6.07) is 19.4. The van der Waals surface area contributed by atoms with E-state index in [2.05, 4.69) is 27.9 Å². The van der Waals surface area contributed by atoms with Gasteiger partial charge in [0.25, 0.3) is 5.91 Å². The zero-order valence-corrected chi connectivity index (χ0v) is 19.2. The van der Waals surface area contributed by atoms with Gasteiger partial charge in [0.05, 0.1) is 7.11 Å². The van der Waals surface area contributed by atoms with Crippen molar-refractivity contribution in [3.05, 3.63) is 97.9 Å². The van der Waals surface area contributed by atoms with Crippen molar-refractivity contribution in [3.8, 4) is 11.8 Å². The first-order valence-corrected chi connectivity index (χ1v) is 10.6. The van der Waals surface area contributed by atoms with Crippen molar-refractivity contribution in [1.82, 2.24) is 0 Å². The van der Waals surface area contributed by atoms with Crippen molar-refractivity contribution in [2.24, 2.45) is 0 Å². The fraction of sp³-hybridized carbons (Fsp3) is 0.120. The van der Waals surface area contributed by atoms with Crippen LogP contribution in [0.5, 0.6) is 5.75 Å². The molecule has 0 saturated heterocycles. The molecule has 3 aromatic carbocycles. The van der Waals surface area contributed by atoms with Gasteiger partial charge in [-0.2, -0.15) is 5.26 Å². The molecule has 156 valence electrons. The summed E-state index contributed by atoms with van der Waals surface area (Å²) in [7, 11) is 1.56. The van der Waals surface area contributed by atoms with Gasteiger partial charge >= 0.3 is 0 Å². The van der Waals surface area contributed by atoms with E-state index in [9.17, 15) is 14.4 Å². The van der Waals surface area contributed by atoms with E-state index in [1.165, 1.54) is 18.2 Å². The molecule has 6 heteroatoms. The van der Waals surface area contributed by atoms with E-state index in [-0.39, 0.29) is 11.4 Å². The molecule has 0 atom stereocenters. The maximum Gasteiger partial charge on any atom is 0.266 e. The number of aryl methyl sites for hydroxylation is 1. The lowest BCUT2D eigenvalue weighted by Crippen LogP contribution is -2.13. The van der Waals surface area contributed by atoms with Crippen molar-refractivity contribution in [1.29, 1.82) is 5.26 Å². The number of carbonyl (C=O) groups excluding carboxylic acids is 1. The number of ether oxygens (including phenoxy) is 1. The largest absolute Gasteiger partial charge is 0.496 e. The van der Waals surface area contributed by atoms with Crippen LogP contribution in [0, 0.1) is 27.6 Å². The predicted molar refractivity (Wildman–Crippen MR) is 128 cm³/mol. The van der Waals surface area contributed by atoms with E-state index < -0.39 is 5.91 Å². The summed E-state index contributed by atoms with van der Waals surface area (Å²) in [6.45, 7) is 1.96. The van der Waals surface area contributed by atoms with Gasteiger partial charge in [0.2, 0.25) is 0 Å². The van der Waals surface area contributed by atoms with Crippen molar-refractivity contribution in [2.75, 3.05) is 12.4 Å². The summed E-state index contributed by atoms with van der Waals surface area (Å²) in [5, 5.41) is 12.2. The number of benzene rings is 3. The number of hydrogen-bond donors (Lipinski definition) is 1. The van der Waals surface area contributed by atoms with Gasteiger partial charge < -0.3 is 10.1 Å². The van der Waals surface area contributed by atoms with Gasteiger partial charge in [-0.05, 0) is 83.1 Å². The minimum absolute atomic E-state index is 0.0173. The molecule has 3 rings (SSSR count). The SMILES string of the molecule is COc1cc(/C=C(\C#N)C(=O)Nc2ccc(C)cc2)cc(I)c1Cc1cccc(F)c1. The van der Waals surface area contributed by atoms with Gasteiger partial charge in [-0.3, -0.25) is 4.79 Å². The van der Waals surface area contributed by atoms with Gasteiger partial charge in [-0.25, -0.2) is 4.39 Å². The Kier molecular flexibility index (Phi) is 7.42. The number of nitrogens with zero attached hydrogens (tertiary/aromatic N) is 1. The van der Waals surface area contributed by atoms with E-state index in [0.717, 1.165) is 20.3 Å². The molecular formula is C25H20FIN2O2. The van der Waals surface area contributed by atoms with Crippen LogP contribution >= 0.6 is 22.6 Å². The van der Waals surface area contributed by atoms with Gasteiger partial charge in [0.1, 0.15) is 23.2 Å². The number of nitrogens with one attached hydrogen (secondary N) is 1. The molecule has 0 unspecified atom stereocenters. The predicted octanol–water partition coefficient (Wildman–Crippen LogP) is 5.88. The molecule has 4 nitrogen and oxygen atoms in total. The van der Waals surface area contributed by atoms with Gasteiger partial charge in [-0.15, -0.1) is 0 Å². The summed E-state index contributed by atoms with van der Waals surface area (Å²) < 4.78 is 20.0. The number of amides is 1. The lowest BCUT2D eigenvalue weighted by molar-refractivity contribution is -0.112. The van der Waals surface area contributed by atoms with Crippen LogP contribution in [-0.2, 0) is 11.2 Å². The van der Waals surface area contributed by atoms with E-state index in [4.69, 9.17) is 4.74 Å². The standard InChI is InChI=1S/C25H20FIN2O2/c1-16-6-8-21(9-7-16)29-25(30)19(15-28)10-18-13-23(27)22(24(14-18)31-2)12-17-4-3-5-20(26)11-17/h3-11,13-14H,12H2,1-2H3,(H,29,30)/b19-10+. The Hall–Kier alpha value is -3.18. The van der Waals surface area contributed by atoms with Gasteiger partial charge in [-0.1, -0.05) is 29.8 Å². The summed E-state index contributed by atoms with van der Waals surface area (Å²) >= 11 is 2.18. The summed E-state index contributed by atoms with van der Waals surface area (Å²) in [4.78, 5) is 12.5. The Morgan fingerprint density at radius 3 is 2.58 bits per heavy atom. The molecule has 0 aliphatic heterocycles. The zero-order valence-electron chi connectivity index (χ0n) is 17.1. The lowest BCUT2D eigenvalue weighted by atomic mass is 10.0. The Morgan fingerprint density at radius 2 is 1.94 bits per heavy atom. The summed E-state index contributed by atoms with van der Waals surface area (Å²) in [5.74, 6) is -0.160.